The number of carbonyl (C=O) groups is 1. The Balaban J connectivity index is 2.08. The van der Waals surface area contributed by atoms with Crippen LogP contribution in [0, 0.1) is 20.8 Å². The van der Waals surface area contributed by atoms with E-state index in [9.17, 15) is 9.59 Å². The molecule has 5 nitrogen and oxygen atoms in total. The SMILES string of the molecule is Cc1cc(C)c(N(C)C(=O)c2cc3cccn3cc2C)c(=O)[nH]1. The zero-order valence-electron chi connectivity index (χ0n) is 13.7. The molecule has 0 aliphatic carbocycles. The van der Waals surface area contributed by atoms with Crippen LogP contribution in [0.4, 0.5) is 5.69 Å². The Bertz CT molecular complexity index is 966. The number of H-pyrrole nitrogens is 1. The first kappa shape index (κ1) is 15.1. The highest BCUT2D eigenvalue weighted by Crippen LogP contribution is 2.20. The van der Waals surface area contributed by atoms with E-state index in [1.807, 2.05) is 61.8 Å². The van der Waals surface area contributed by atoms with Gasteiger partial charge in [0.15, 0.2) is 0 Å². The number of nitrogens with zero attached hydrogens (tertiary/aromatic N) is 2. The quantitative estimate of drug-likeness (QED) is 0.791. The van der Waals surface area contributed by atoms with Crippen LogP contribution in [0.5, 0.6) is 0 Å². The number of aryl methyl sites for hydroxylation is 3. The van der Waals surface area contributed by atoms with Crippen LogP contribution in [0.25, 0.3) is 5.52 Å². The van der Waals surface area contributed by atoms with Crippen LogP contribution in [0.2, 0.25) is 0 Å². The third-order valence-corrected chi connectivity index (χ3v) is 4.06. The summed E-state index contributed by atoms with van der Waals surface area (Å²) in [5, 5.41) is 0. The number of pyridine rings is 2. The van der Waals surface area contributed by atoms with Crippen LogP contribution >= 0.6 is 0 Å². The van der Waals surface area contributed by atoms with E-state index in [0.717, 1.165) is 22.3 Å². The molecule has 0 aliphatic rings. The summed E-state index contributed by atoms with van der Waals surface area (Å²) in [5.74, 6) is -0.191. The van der Waals surface area contributed by atoms with Crippen molar-refractivity contribution in [2.45, 2.75) is 20.8 Å². The van der Waals surface area contributed by atoms with Crippen molar-refractivity contribution in [2.24, 2.45) is 0 Å². The minimum atomic E-state index is -0.250. The van der Waals surface area contributed by atoms with Crippen molar-refractivity contribution in [3.05, 3.63) is 69.4 Å². The first-order chi connectivity index (χ1) is 10.9. The molecule has 3 rings (SSSR count). The predicted octanol–water partition coefficient (Wildman–Crippen LogP) is 2.83. The summed E-state index contributed by atoms with van der Waals surface area (Å²) >= 11 is 0. The van der Waals surface area contributed by atoms with Gasteiger partial charge in [-0.3, -0.25) is 9.59 Å². The van der Waals surface area contributed by atoms with E-state index >= 15 is 0 Å². The summed E-state index contributed by atoms with van der Waals surface area (Å²) in [4.78, 5) is 29.3. The van der Waals surface area contributed by atoms with Gasteiger partial charge in [-0.05, 0) is 56.2 Å². The fourth-order valence-electron chi connectivity index (χ4n) is 2.96. The van der Waals surface area contributed by atoms with Crippen LogP contribution in [-0.2, 0) is 0 Å². The van der Waals surface area contributed by atoms with Crippen molar-refractivity contribution >= 4 is 17.1 Å². The molecule has 0 saturated carbocycles. The van der Waals surface area contributed by atoms with Gasteiger partial charge in [-0.25, -0.2) is 0 Å². The summed E-state index contributed by atoms with van der Waals surface area (Å²) in [5.41, 5.74) is 4.10. The van der Waals surface area contributed by atoms with E-state index in [1.165, 1.54) is 4.90 Å². The van der Waals surface area contributed by atoms with Gasteiger partial charge in [0.2, 0.25) is 0 Å². The third kappa shape index (κ3) is 2.54. The Morgan fingerprint density at radius 1 is 1.17 bits per heavy atom. The Morgan fingerprint density at radius 2 is 1.91 bits per heavy atom. The standard InChI is InChI=1S/C18H19N3O2/c1-11-8-13(3)19-17(22)16(11)20(4)18(23)15-9-14-6-5-7-21(14)10-12(15)2/h5-10H,1-4H3,(H,19,22). The van der Waals surface area contributed by atoms with E-state index in [1.54, 1.807) is 7.05 Å². The number of aromatic amines is 1. The molecule has 3 aromatic rings. The lowest BCUT2D eigenvalue weighted by molar-refractivity contribution is 0.0992. The van der Waals surface area contributed by atoms with Crippen LogP contribution in [0.3, 0.4) is 0 Å². The fraction of sp³-hybridized carbons (Fsp3) is 0.222. The Morgan fingerprint density at radius 3 is 2.61 bits per heavy atom. The van der Waals surface area contributed by atoms with Gasteiger partial charge in [-0.1, -0.05) is 0 Å². The average Bonchev–Trinajstić information content (AvgIpc) is 2.91. The monoisotopic (exact) mass is 309 g/mol. The normalized spacial score (nSPS) is 11.0. The van der Waals surface area contributed by atoms with Gasteiger partial charge >= 0.3 is 0 Å². The molecular formula is C18H19N3O2. The zero-order chi connectivity index (χ0) is 16.7. The molecule has 0 aliphatic heterocycles. The van der Waals surface area contributed by atoms with Crippen LogP contribution in [-0.4, -0.2) is 22.3 Å². The van der Waals surface area contributed by atoms with E-state index in [0.29, 0.717) is 11.3 Å². The number of fused-ring (bicyclic) bond motifs is 1. The third-order valence-electron chi connectivity index (χ3n) is 4.06. The topological polar surface area (TPSA) is 57.6 Å². The minimum Gasteiger partial charge on any atom is -0.325 e. The maximum Gasteiger partial charge on any atom is 0.272 e. The van der Waals surface area contributed by atoms with Gasteiger partial charge in [-0.15, -0.1) is 0 Å². The van der Waals surface area contributed by atoms with Crippen LogP contribution in [0.1, 0.15) is 27.2 Å². The molecule has 0 radical (unpaired) electrons. The molecule has 0 aromatic carbocycles. The van der Waals surface area contributed by atoms with E-state index in [-0.39, 0.29) is 11.5 Å². The maximum absolute atomic E-state index is 12.9. The summed E-state index contributed by atoms with van der Waals surface area (Å²) in [6.07, 6.45) is 3.86. The van der Waals surface area contributed by atoms with Gasteiger partial charge in [0.1, 0.15) is 5.69 Å². The number of nitrogens with one attached hydrogen (secondary N) is 1. The number of anilines is 1. The van der Waals surface area contributed by atoms with Crippen molar-refractivity contribution in [2.75, 3.05) is 11.9 Å². The molecule has 0 unspecified atom stereocenters. The Kier molecular flexibility index (Phi) is 3.56. The van der Waals surface area contributed by atoms with Gasteiger partial charge < -0.3 is 14.3 Å². The number of carbonyl (C=O) groups excluding carboxylic acids is 1. The number of hydrogen-bond acceptors (Lipinski definition) is 2. The van der Waals surface area contributed by atoms with Crippen molar-refractivity contribution in [3.63, 3.8) is 0 Å². The molecule has 0 saturated heterocycles. The van der Waals surface area contributed by atoms with E-state index in [4.69, 9.17) is 0 Å². The summed E-state index contributed by atoms with van der Waals surface area (Å²) < 4.78 is 1.97. The lowest BCUT2D eigenvalue weighted by Crippen LogP contribution is -2.33. The molecule has 1 amide bonds. The maximum atomic E-state index is 12.9. The van der Waals surface area contributed by atoms with Gasteiger partial charge in [0.25, 0.3) is 11.5 Å². The number of hydrogen-bond donors (Lipinski definition) is 1. The van der Waals surface area contributed by atoms with Crippen molar-refractivity contribution < 1.29 is 4.79 Å². The first-order valence-corrected chi connectivity index (χ1v) is 7.44. The van der Waals surface area contributed by atoms with E-state index in [2.05, 4.69) is 4.98 Å². The summed E-state index contributed by atoms with van der Waals surface area (Å²) in [6, 6.07) is 7.59. The highest BCUT2D eigenvalue weighted by atomic mass is 16.2. The minimum absolute atomic E-state index is 0.191. The van der Waals surface area contributed by atoms with Crippen molar-refractivity contribution in [1.82, 2.24) is 9.38 Å². The molecule has 3 heterocycles. The molecule has 3 aromatic heterocycles. The second-order valence-corrected chi connectivity index (χ2v) is 5.89. The summed E-state index contributed by atoms with van der Waals surface area (Å²) in [7, 11) is 1.64. The second kappa shape index (κ2) is 5.43. The molecule has 1 N–H and O–H groups in total. The fourth-order valence-corrected chi connectivity index (χ4v) is 2.96. The molecule has 118 valence electrons. The van der Waals surface area contributed by atoms with Crippen molar-refractivity contribution in [1.29, 1.82) is 0 Å². The zero-order valence-corrected chi connectivity index (χ0v) is 13.7. The largest absolute Gasteiger partial charge is 0.325 e. The van der Waals surface area contributed by atoms with Crippen LogP contribution < -0.4 is 10.5 Å². The number of amides is 1. The molecule has 0 atom stereocenters. The highest BCUT2D eigenvalue weighted by molar-refractivity contribution is 6.07. The van der Waals surface area contributed by atoms with Gasteiger partial charge in [0, 0.05) is 36.2 Å². The lowest BCUT2D eigenvalue weighted by Gasteiger charge is -2.20. The number of rotatable bonds is 2. The van der Waals surface area contributed by atoms with Gasteiger partial charge in [0.05, 0.1) is 0 Å². The highest BCUT2D eigenvalue weighted by Gasteiger charge is 2.20. The van der Waals surface area contributed by atoms with E-state index < -0.39 is 0 Å². The first-order valence-electron chi connectivity index (χ1n) is 7.44. The lowest BCUT2D eigenvalue weighted by atomic mass is 10.1. The molecule has 0 bridgehead atoms. The van der Waals surface area contributed by atoms with Crippen molar-refractivity contribution in [3.8, 4) is 0 Å². The Hall–Kier alpha value is -2.82. The number of aromatic nitrogens is 2. The second-order valence-electron chi connectivity index (χ2n) is 5.89. The molecular weight excluding hydrogens is 290 g/mol. The molecule has 5 heteroatoms. The molecule has 0 spiro atoms. The molecule has 23 heavy (non-hydrogen) atoms. The van der Waals surface area contributed by atoms with Gasteiger partial charge in [-0.2, -0.15) is 0 Å². The smallest absolute Gasteiger partial charge is 0.272 e. The Labute approximate surface area is 134 Å². The van der Waals surface area contributed by atoms with Crippen LogP contribution in [0.15, 0.2) is 41.5 Å². The predicted molar refractivity (Wildman–Crippen MR) is 91.4 cm³/mol. The average molecular weight is 309 g/mol. The summed E-state index contributed by atoms with van der Waals surface area (Å²) in [6.45, 7) is 5.56. The molecule has 0 fully saturated rings.